The molecule has 0 radical (unpaired) electrons. The largest absolute Gasteiger partial charge is 0.476 e. The van der Waals surface area contributed by atoms with Crippen molar-refractivity contribution in [2.75, 3.05) is 13.1 Å². The number of benzene rings is 2. The quantitative estimate of drug-likeness (QED) is 0.266. The maximum atomic E-state index is 13.3. The number of hydrogen-bond acceptors (Lipinski definition) is 4. The van der Waals surface area contributed by atoms with E-state index >= 15 is 0 Å². The van der Waals surface area contributed by atoms with E-state index < -0.39 is 24.5 Å². The second-order valence-electron chi connectivity index (χ2n) is 7.48. The Hall–Kier alpha value is -3.79. The van der Waals surface area contributed by atoms with Gasteiger partial charge >= 0.3 is 12.1 Å². The minimum absolute atomic E-state index is 0.169. The second-order valence-corrected chi connectivity index (χ2v) is 7.48. The number of carboxylic acid groups (broad SMARTS) is 1. The predicted molar refractivity (Wildman–Crippen MR) is 120 cm³/mol. The molecular weight excluding hydrogens is 452 g/mol. The molecule has 0 aliphatic carbocycles. The van der Waals surface area contributed by atoms with Crippen molar-refractivity contribution in [1.82, 2.24) is 20.3 Å². The molecule has 178 valence electrons. The third-order valence-electron chi connectivity index (χ3n) is 4.79. The van der Waals surface area contributed by atoms with Crippen LogP contribution in [0.3, 0.4) is 0 Å². The second kappa shape index (κ2) is 10.9. The molecule has 10 heteroatoms. The smallest absolute Gasteiger partial charge is 0.401 e. The summed E-state index contributed by atoms with van der Waals surface area (Å²) in [5.74, 6) is -1.61. The minimum atomic E-state index is -4.14. The van der Waals surface area contributed by atoms with E-state index in [1.165, 1.54) is 24.5 Å². The average Bonchev–Trinajstić information content (AvgIpc) is 3.19. The van der Waals surface area contributed by atoms with Gasteiger partial charge in [-0.15, -0.1) is 0 Å². The lowest BCUT2D eigenvalue weighted by Gasteiger charge is -2.07. The molecule has 2 aromatic carbocycles. The summed E-state index contributed by atoms with van der Waals surface area (Å²) in [5, 5.41) is 12.4. The molecule has 0 atom stereocenters. The molecule has 4 rings (SSSR count). The Morgan fingerprint density at radius 3 is 2.56 bits per heavy atom. The molecule has 0 spiro atoms. The molecule has 3 N–H and O–H groups in total. The van der Waals surface area contributed by atoms with Gasteiger partial charge < -0.3 is 15.4 Å². The van der Waals surface area contributed by atoms with Gasteiger partial charge in [0.1, 0.15) is 11.5 Å². The van der Waals surface area contributed by atoms with Crippen LogP contribution in [0, 0.1) is 12.7 Å². The molecule has 0 saturated carbocycles. The summed E-state index contributed by atoms with van der Waals surface area (Å²) in [6, 6.07) is 12.0. The van der Waals surface area contributed by atoms with Gasteiger partial charge in [0, 0.05) is 35.1 Å². The lowest BCUT2D eigenvalue weighted by Crippen LogP contribution is -2.30. The van der Waals surface area contributed by atoms with Crippen LogP contribution in [0.4, 0.5) is 17.6 Å². The van der Waals surface area contributed by atoms with E-state index in [2.05, 4.69) is 20.3 Å². The molecule has 2 aromatic heterocycles. The van der Waals surface area contributed by atoms with Gasteiger partial charge in [-0.25, -0.2) is 14.2 Å². The Bertz CT molecular complexity index is 1250. The zero-order chi connectivity index (χ0) is 24.7. The van der Waals surface area contributed by atoms with E-state index in [0.29, 0.717) is 24.1 Å². The number of aromatic nitrogens is 3. The van der Waals surface area contributed by atoms with E-state index in [0.717, 1.165) is 16.5 Å². The first-order valence-corrected chi connectivity index (χ1v) is 10.3. The number of aromatic carboxylic acids is 1. The standard InChI is InChI=1S/C12H13F3N2.C12H9FN2O2/c13-12(14,15)8-16-6-5-9-7-17-11-4-2-1-3-10(9)11;1-7-4-8(6-9(13)5-7)10-11(12(16)17)15-3-2-14-10/h1-4,7,16-17H,5-6,8H2;2-6H,1H3,(H,16,17). The number of carboxylic acids is 1. The molecule has 34 heavy (non-hydrogen) atoms. The van der Waals surface area contributed by atoms with Crippen molar-refractivity contribution >= 4 is 16.9 Å². The van der Waals surface area contributed by atoms with Crippen LogP contribution < -0.4 is 5.32 Å². The number of alkyl halides is 3. The molecular formula is C24H22F4N4O2. The Kier molecular flexibility index (Phi) is 7.95. The highest BCUT2D eigenvalue weighted by Gasteiger charge is 2.25. The van der Waals surface area contributed by atoms with Gasteiger partial charge in [0.05, 0.1) is 6.54 Å². The molecule has 0 aliphatic heterocycles. The summed E-state index contributed by atoms with van der Waals surface area (Å²) in [5.41, 5.74) is 3.14. The normalized spacial score (nSPS) is 11.2. The van der Waals surface area contributed by atoms with Crippen LogP contribution in [0.5, 0.6) is 0 Å². The van der Waals surface area contributed by atoms with Crippen molar-refractivity contribution in [3.8, 4) is 11.3 Å². The number of aromatic amines is 1. The fourth-order valence-electron chi connectivity index (χ4n) is 3.37. The van der Waals surface area contributed by atoms with Crippen molar-refractivity contribution in [2.24, 2.45) is 0 Å². The summed E-state index contributed by atoms with van der Waals surface area (Å²) in [4.78, 5) is 21.7. The molecule has 0 aliphatic rings. The van der Waals surface area contributed by atoms with Crippen LogP contribution in [0.2, 0.25) is 0 Å². The number of fused-ring (bicyclic) bond motifs is 1. The van der Waals surface area contributed by atoms with Crippen LogP contribution in [-0.2, 0) is 6.42 Å². The molecule has 0 saturated heterocycles. The number of nitrogens with one attached hydrogen (secondary N) is 2. The zero-order valence-corrected chi connectivity index (χ0v) is 18.2. The van der Waals surface area contributed by atoms with Crippen molar-refractivity contribution in [3.63, 3.8) is 0 Å². The lowest BCUT2D eigenvalue weighted by atomic mass is 10.1. The Labute approximate surface area is 192 Å². The molecule has 2 heterocycles. The number of aryl methyl sites for hydroxylation is 1. The number of para-hydroxylation sites is 1. The molecule has 6 nitrogen and oxygen atoms in total. The van der Waals surface area contributed by atoms with Gasteiger partial charge in [0.25, 0.3) is 0 Å². The minimum Gasteiger partial charge on any atom is -0.476 e. The Balaban J connectivity index is 0.000000191. The molecule has 4 aromatic rings. The summed E-state index contributed by atoms with van der Waals surface area (Å²) in [6.07, 6.45) is 0.960. The van der Waals surface area contributed by atoms with Crippen molar-refractivity contribution in [1.29, 1.82) is 0 Å². The summed E-state index contributed by atoms with van der Waals surface area (Å²) < 4.78 is 49.0. The predicted octanol–water partition coefficient (Wildman–Crippen LogP) is 5.15. The van der Waals surface area contributed by atoms with Crippen LogP contribution in [-0.4, -0.2) is 45.3 Å². The first kappa shape index (κ1) is 24.8. The van der Waals surface area contributed by atoms with E-state index in [4.69, 9.17) is 5.11 Å². The van der Waals surface area contributed by atoms with Crippen molar-refractivity contribution < 1.29 is 27.5 Å². The van der Waals surface area contributed by atoms with E-state index in [1.807, 2.05) is 30.5 Å². The highest BCUT2D eigenvalue weighted by atomic mass is 19.4. The van der Waals surface area contributed by atoms with Crippen molar-refractivity contribution in [2.45, 2.75) is 19.5 Å². The van der Waals surface area contributed by atoms with Gasteiger partial charge in [-0.05, 0) is 55.3 Å². The number of halogens is 4. The van der Waals surface area contributed by atoms with Gasteiger partial charge in [-0.1, -0.05) is 18.2 Å². The fourth-order valence-corrected chi connectivity index (χ4v) is 3.37. The number of hydrogen-bond donors (Lipinski definition) is 3. The maximum absolute atomic E-state index is 13.3. The first-order valence-electron chi connectivity index (χ1n) is 10.3. The highest BCUT2D eigenvalue weighted by Crippen LogP contribution is 2.22. The SMILES string of the molecule is Cc1cc(F)cc(-c2nccnc2C(=O)O)c1.FC(F)(F)CNCCc1c[nH]c2ccccc12. The van der Waals surface area contributed by atoms with Gasteiger partial charge in [0.15, 0.2) is 5.69 Å². The average molecular weight is 474 g/mol. The topological polar surface area (TPSA) is 90.9 Å². The number of carbonyl (C=O) groups is 1. The molecule has 0 bridgehead atoms. The van der Waals surface area contributed by atoms with Crippen molar-refractivity contribution in [3.05, 3.63) is 83.7 Å². The summed E-state index contributed by atoms with van der Waals surface area (Å²) in [6.45, 7) is 1.11. The van der Waals surface area contributed by atoms with Gasteiger partial charge in [0.2, 0.25) is 0 Å². The monoisotopic (exact) mass is 474 g/mol. The Morgan fingerprint density at radius 2 is 1.85 bits per heavy atom. The van der Waals surface area contributed by atoms with Crippen LogP contribution in [0.1, 0.15) is 21.6 Å². The maximum Gasteiger partial charge on any atom is 0.401 e. The van der Waals surface area contributed by atoms with Gasteiger partial charge in [-0.3, -0.25) is 4.98 Å². The fraction of sp³-hybridized carbons (Fsp3) is 0.208. The number of rotatable bonds is 6. The third kappa shape index (κ3) is 6.85. The molecule has 0 unspecified atom stereocenters. The van der Waals surface area contributed by atoms with Gasteiger partial charge in [-0.2, -0.15) is 13.2 Å². The summed E-state index contributed by atoms with van der Waals surface area (Å²) in [7, 11) is 0. The molecule has 0 amide bonds. The first-order chi connectivity index (χ1) is 16.1. The molecule has 0 fully saturated rings. The zero-order valence-electron chi connectivity index (χ0n) is 18.2. The van der Waals surface area contributed by atoms with E-state index in [-0.39, 0.29) is 11.4 Å². The van der Waals surface area contributed by atoms with E-state index in [1.54, 1.807) is 13.0 Å². The highest BCUT2D eigenvalue weighted by molar-refractivity contribution is 5.92. The summed E-state index contributed by atoms with van der Waals surface area (Å²) >= 11 is 0. The van der Waals surface area contributed by atoms with Crippen LogP contribution >= 0.6 is 0 Å². The third-order valence-corrected chi connectivity index (χ3v) is 4.79. The lowest BCUT2D eigenvalue weighted by molar-refractivity contribution is -0.124. The Morgan fingerprint density at radius 1 is 1.12 bits per heavy atom. The number of nitrogens with zero attached hydrogens (tertiary/aromatic N) is 2. The van der Waals surface area contributed by atoms with Crippen LogP contribution in [0.25, 0.3) is 22.2 Å². The number of H-pyrrole nitrogens is 1. The van der Waals surface area contributed by atoms with Crippen LogP contribution in [0.15, 0.2) is 61.1 Å². The van der Waals surface area contributed by atoms with E-state index in [9.17, 15) is 22.4 Å².